The quantitative estimate of drug-likeness (QED) is 0.374. The Bertz CT molecular complexity index is 1200. The van der Waals surface area contributed by atoms with Crippen molar-refractivity contribution in [2.75, 3.05) is 6.61 Å². The van der Waals surface area contributed by atoms with E-state index in [1.54, 1.807) is 0 Å². The van der Waals surface area contributed by atoms with Gasteiger partial charge in [-0.3, -0.25) is 4.79 Å². The fraction of sp³-hybridized carbons (Fsp3) is 0.367. The van der Waals surface area contributed by atoms with E-state index < -0.39 is 12.0 Å². The summed E-state index contributed by atoms with van der Waals surface area (Å²) in [4.78, 5) is 12.7. The Morgan fingerprint density at radius 3 is 2.61 bits per heavy atom. The maximum absolute atomic E-state index is 12.7. The molecule has 0 radical (unpaired) electrons. The number of halogens is 1. The molecule has 5 nitrogen and oxygen atoms in total. The Labute approximate surface area is 218 Å². The molecule has 2 aliphatic rings. The second kappa shape index (κ2) is 11.9. The lowest BCUT2D eigenvalue weighted by Crippen LogP contribution is -2.21. The molecule has 190 valence electrons. The van der Waals surface area contributed by atoms with E-state index in [0.717, 1.165) is 47.9 Å². The number of nitrogens with two attached hydrogens (primary N) is 1. The van der Waals surface area contributed by atoms with Crippen LogP contribution in [0.5, 0.6) is 0 Å². The highest BCUT2D eigenvalue weighted by molar-refractivity contribution is 6.30. The molecule has 0 saturated carbocycles. The van der Waals surface area contributed by atoms with Crippen molar-refractivity contribution in [3.05, 3.63) is 88.8 Å². The Kier molecular flexibility index (Phi) is 8.68. The van der Waals surface area contributed by atoms with Gasteiger partial charge in [0.25, 0.3) is 5.91 Å². The van der Waals surface area contributed by atoms with Gasteiger partial charge < -0.3 is 20.5 Å². The number of allylic oxidation sites excluding steroid dienone is 8. The van der Waals surface area contributed by atoms with Crippen LogP contribution in [0.4, 0.5) is 0 Å². The molecule has 1 amide bonds. The first-order valence-electron chi connectivity index (χ1n) is 12.7. The number of aromatic nitrogens is 1. The standard InChI is InChI=1S/C30H35ClN2O3/c1-20-5-7-21(8-6-20)9-10-22-3-2-4-24(17-22)28-27(23-11-13-25(31)14-12-23)18-33(29(28)30(32)36)16-15-26(35)19-34/h2-7,11-14,18,21-22,26,34-35H,8-10,15-17,19H2,1H3,(H2,32,36). The molecule has 1 aromatic carbocycles. The SMILES string of the molecule is CC1=CCC(CCC2C=CC=C(c3c(-c4ccc(Cl)cc4)cn(CCC(O)CO)c3C(N)=O)C2)C=C1. The lowest BCUT2D eigenvalue weighted by molar-refractivity contribution is 0.0838. The fourth-order valence-corrected chi connectivity index (χ4v) is 5.22. The van der Waals surface area contributed by atoms with Gasteiger partial charge in [-0.2, -0.15) is 0 Å². The van der Waals surface area contributed by atoms with Crippen LogP contribution in [-0.4, -0.2) is 33.4 Å². The molecule has 0 spiro atoms. The van der Waals surface area contributed by atoms with Gasteiger partial charge in [-0.15, -0.1) is 0 Å². The molecule has 3 unspecified atom stereocenters. The van der Waals surface area contributed by atoms with Gasteiger partial charge in [-0.05, 0) is 74.1 Å². The van der Waals surface area contributed by atoms with Crippen molar-refractivity contribution in [3.8, 4) is 11.1 Å². The van der Waals surface area contributed by atoms with Crippen LogP contribution in [0.15, 0.2) is 72.5 Å². The second-order valence-electron chi connectivity index (χ2n) is 9.88. The predicted octanol–water partition coefficient (Wildman–Crippen LogP) is 5.91. The molecule has 36 heavy (non-hydrogen) atoms. The minimum Gasteiger partial charge on any atom is -0.394 e. The molecular formula is C30H35ClN2O3. The van der Waals surface area contributed by atoms with Crippen LogP contribution in [0.2, 0.25) is 5.02 Å². The molecule has 1 aromatic heterocycles. The zero-order valence-corrected chi connectivity index (χ0v) is 21.5. The highest BCUT2D eigenvalue weighted by Crippen LogP contribution is 2.40. The monoisotopic (exact) mass is 506 g/mol. The first kappa shape index (κ1) is 26.2. The largest absolute Gasteiger partial charge is 0.394 e. The number of aliphatic hydroxyl groups is 2. The number of primary amides is 1. The van der Waals surface area contributed by atoms with Crippen molar-refractivity contribution in [2.45, 2.75) is 51.7 Å². The molecule has 4 N–H and O–H groups in total. The van der Waals surface area contributed by atoms with E-state index in [0.29, 0.717) is 35.5 Å². The first-order chi connectivity index (χ1) is 17.4. The molecule has 1 heterocycles. The molecule has 0 aliphatic heterocycles. The Balaban J connectivity index is 1.64. The molecule has 0 saturated heterocycles. The zero-order chi connectivity index (χ0) is 25.7. The molecule has 6 heteroatoms. The van der Waals surface area contributed by atoms with Gasteiger partial charge in [-0.1, -0.05) is 65.8 Å². The maximum atomic E-state index is 12.7. The molecule has 2 aliphatic carbocycles. The van der Waals surface area contributed by atoms with E-state index in [2.05, 4.69) is 43.4 Å². The average Bonchev–Trinajstić information content (AvgIpc) is 3.27. The minimum absolute atomic E-state index is 0.315. The Morgan fingerprint density at radius 2 is 1.94 bits per heavy atom. The van der Waals surface area contributed by atoms with Crippen LogP contribution >= 0.6 is 11.6 Å². The summed E-state index contributed by atoms with van der Waals surface area (Å²) in [7, 11) is 0. The van der Waals surface area contributed by atoms with E-state index in [1.807, 2.05) is 35.0 Å². The Hall–Kier alpha value is -2.86. The van der Waals surface area contributed by atoms with Crippen LogP contribution < -0.4 is 5.73 Å². The molecular weight excluding hydrogens is 472 g/mol. The topological polar surface area (TPSA) is 88.5 Å². The summed E-state index contributed by atoms with van der Waals surface area (Å²) >= 11 is 6.14. The summed E-state index contributed by atoms with van der Waals surface area (Å²) in [6.07, 6.45) is 18.8. The number of aryl methyl sites for hydroxylation is 1. The zero-order valence-electron chi connectivity index (χ0n) is 20.7. The predicted molar refractivity (Wildman–Crippen MR) is 147 cm³/mol. The van der Waals surface area contributed by atoms with Crippen molar-refractivity contribution in [1.82, 2.24) is 4.57 Å². The second-order valence-corrected chi connectivity index (χ2v) is 10.3. The molecule has 4 rings (SSSR count). The van der Waals surface area contributed by atoms with E-state index >= 15 is 0 Å². The van der Waals surface area contributed by atoms with Crippen molar-refractivity contribution in [2.24, 2.45) is 17.6 Å². The normalized spacial score (nSPS) is 20.2. The van der Waals surface area contributed by atoms with E-state index in [4.69, 9.17) is 17.3 Å². The van der Waals surface area contributed by atoms with Crippen molar-refractivity contribution >= 4 is 23.1 Å². The summed E-state index contributed by atoms with van der Waals surface area (Å²) < 4.78 is 1.82. The summed E-state index contributed by atoms with van der Waals surface area (Å²) in [6, 6.07) is 7.56. The maximum Gasteiger partial charge on any atom is 0.265 e. The van der Waals surface area contributed by atoms with Crippen LogP contribution in [-0.2, 0) is 6.54 Å². The number of hydrogen-bond acceptors (Lipinski definition) is 3. The van der Waals surface area contributed by atoms with Crippen LogP contribution in [0, 0.1) is 11.8 Å². The number of amides is 1. The number of carbonyl (C=O) groups excluding carboxylic acids is 1. The molecule has 3 atom stereocenters. The Morgan fingerprint density at radius 1 is 1.19 bits per heavy atom. The van der Waals surface area contributed by atoms with Crippen molar-refractivity contribution < 1.29 is 15.0 Å². The first-order valence-corrected chi connectivity index (χ1v) is 13.0. The number of hydrogen-bond donors (Lipinski definition) is 3. The van der Waals surface area contributed by atoms with E-state index in [9.17, 15) is 15.0 Å². The molecule has 2 aromatic rings. The minimum atomic E-state index is -0.857. The summed E-state index contributed by atoms with van der Waals surface area (Å²) in [6.45, 7) is 2.18. The lowest BCUT2D eigenvalue weighted by atomic mass is 9.82. The van der Waals surface area contributed by atoms with Crippen molar-refractivity contribution in [1.29, 1.82) is 0 Å². The summed E-state index contributed by atoms with van der Waals surface area (Å²) in [5, 5.41) is 19.8. The highest BCUT2D eigenvalue weighted by Gasteiger charge is 2.26. The molecule has 0 fully saturated rings. The smallest absolute Gasteiger partial charge is 0.265 e. The average molecular weight is 507 g/mol. The number of nitrogens with zero attached hydrogens (tertiary/aromatic N) is 1. The third-order valence-electron chi connectivity index (χ3n) is 7.15. The van der Waals surface area contributed by atoms with Crippen LogP contribution in [0.25, 0.3) is 16.7 Å². The number of carbonyl (C=O) groups is 1. The number of aliphatic hydroxyl groups excluding tert-OH is 2. The van der Waals surface area contributed by atoms with Crippen LogP contribution in [0.3, 0.4) is 0 Å². The summed E-state index contributed by atoms with van der Waals surface area (Å²) in [5.74, 6) is 0.440. The highest BCUT2D eigenvalue weighted by atomic mass is 35.5. The third kappa shape index (κ3) is 6.28. The van der Waals surface area contributed by atoms with Gasteiger partial charge in [0.2, 0.25) is 0 Å². The van der Waals surface area contributed by atoms with Gasteiger partial charge in [0, 0.05) is 28.9 Å². The van der Waals surface area contributed by atoms with Crippen LogP contribution in [0.1, 0.15) is 55.1 Å². The van der Waals surface area contributed by atoms with E-state index in [1.165, 1.54) is 5.57 Å². The van der Waals surface area contributed by atoms with Gasteiger partial charge >= 0.3 is 0 Å². The number of rotatable bonds is 10. The molecule has 0 bridgehead atoms. The fourth-order valence-electron chi connectivity index (χ4n) is 5.10. The van der Waals surface area contributed by atoms with Crippen molar-refractivity contribution in [3.63, 3.8) is 0 Å². The van der Waals surface area contributed by atoms with Gasteiger partial charge in [-0.25, -0.2) is 0 Å². The van der Waals surface area contributed by atoms with Gasteiger partial charge in [0.05, 0.1) is 12.7 Å². The summed E-state index contributed by atoms with van der Waals surface area (Å²) in [5.41, 5.74) is 11.5. The van der Waals surface area contributed by atoms with E-state index in [-0.39, 0.29) is 6.61 Å². The van der Waals surface area contributed by atoms with Gasteiger partial charge in [0.1, 0.15) is 5.69 Å². The van der Waals surface area contributed by atoms with Gasteiger partial charge in [0.15, 0.2) is 0 Å². The lowest BCUT2D eigenvalue weighted by Gasteiger charge is -2.22. The number of benzene rings is 1. The third-order valence-corrected chi connectivity index (χ3v) is 7.40.